The molecule has 4 nitrogen and oxygen atoms in total. The quantitative estimate of drug-likeness (QED) is 0.912. The Bertz CT molecular complexity index is 649. The molecule has 1 saturated carbocycles. The third kappa shape index (κ3) is 2.75. The van der Waals surface area contributed by atoms with E-state index in [0.29, 0.717) is 17.6 Å². The lowest BCUT2D eigenvalue weighted by atomic mass is 10.3. The molecule has 2 heterocycles. The maximum atomic E-state index is 6.22. The van der Waals surface area contributed by atoms with E-state index < -0.39 is 0 Å². The average molecular weight is 356 g/mol. The highest BCUT2D eigenvalue weighted by Gasteiger charge is 2.21. The van der Waals surface area contributed by atoms with Gasteiger partial charge in [0.05, 0.1) is 26.6 Å². The van der Waals surface area contributed by atoms with Gasteiger partial charge in [-0.05, 0) is 54.8 Å². The molecule has 0 spiro atoms. The number of pyridine rings is 1. The number of hydrogen-bond donors (Lipinski definition) is 1. The molecule has 1 aliphatic rings. The zero-order valence-electron chi connectivity index (χ0n) is 11.5. The summed E-state index contributed by atoms with van der Waals surface area (Å²) in [6, 6.07) is 4.42. The smallest absolute Gasteiger partial charge is 0.154 e. The first-order valence-electron chi connectivity index (χ1n) is 6.67. The van der Waals surface area contributed by atoms with Gasteiger partial charge in [-0.25, -0.2) is 9.67 Å². The average Bonchev–Trinajstić information content (AvgIpc) is 3.22. The van der Waals surface area contributed by atoms with Crippen molar-refractivity contribution in [3.63, 3.8) is 0 Å². The van der Waals surface area contributed by atoms with E-state index in [9.17, 15) is 0 Å². The summed E-state index contributed by atoms with van der Waals surface area (Å²) in [7, 11) is 0. The predicted molar refractivity (Wildman–Crippen MR) is 83.4 cm³/mol. The number of rotatable bonds is 4. The van der Waals surface area contributed by atoms with Crippen LogP contribution >= 0.6 is 27.5 Å². The first kappa shape index (κ1) is 14.0. The van der Waals surface area contributed by atoms with E-state index in [1.165, 1.54) is 12.8 Å². The van der Waals surface area contributed by atoms with Crippen LogP contribution in [0.1, 0.15) is 29.9 Å². The number of aryl methyl sites for hydroxylation is 1. The Labute approximate surface area is 131 Å². The minimum absolute atomic E-state index is 0.638. The number of hydrogen-bond acceptors (Lipinski definition) is 3. The predicted octanol–water partition coefficient (Wildman–Crippen LogP) is 3.55. The van der Waals surface area contributed by atoms with Crippen LogP contribution in [-0.2, 0) is 6.54 Å². The van der Waals surface area contributed by atoms with Crippen molar-refractivity contribution in [1.82, 2.24) is 20.1 Å². The summed E-state index contributed by atoms with van der Waals surface area (Å²) in [5.74, 6) is 0.799. The molecule has 20 heavy (non-hydrogen) atoms. The third-order valence-electron chi connectivity index (χ3n) is 3.46. The van der Waals surface area contributed by atoms with E-state index in [0.717, 1.165) is 27.4 Å². The van der Waals surface area contributed by atoms with Gasteiger partial charge in [0.2, 0.25) is 0 Å². The lowest BCUT2D eigenvalue weighted by Crippen LogP contribution is -2.17. The molecule has 0 atom stereocenters. The summed E-state index contributed by atoms with van der Waals surface area (Å²) in [6.07, 6.45) is 2.50. The highest BCUT2D eigenvalue weighted by molar-refractivity contribution is 9.10. The molecule has 1 fully saturated rings. The van der Waals surface area contributed by atoms with Gasteiger partial charge < -0.3 is 5.32 Å². The van der Waals surface area contributed by atoms with Crippen LogP contribution in [0.5, 0.6) is 0 Å². The maximum Gasteiger partial charge on any atom is 0.154 e. The second-order valence-corrected chi connectivity index (χ2v) is 6.35. The minimum Gasteiger partial charge on any atom is -0.308 e. The van der Waals surface area contributed by atoms with Crippen LogP contribution < -0.4 is 5.32 Å². The monoisotopic (exact) mass is 354 g/mol. The summed E-state index contributed by atoms with van der Waals surface area (Å²) >= 11 is 9.76. The normalized spacial score (nSPS) is 14.8. The van der Waals surface area contributed by atoms with Crippen LogP contribution in [0, 0.1) is 13.8 Å². The summed E-state index contributed by atoms with van der Waals surface area (Å²) in [5, 5.41) is 8.64. The molecule has 0 bridgehead atoms. The van der Waals surface area contributed by atoms with Gasteiger partial charge in [0.25, 0.3) is 0 Å². The van der Waals surface area contributed by atoms with E-state index in [1.54, 1.807) is 0 Å². The van der Waals surface area contributed by atoms with Gasteiger partial charge in [-0.3, -0.25) is 0 Å². The van der Waals surface area contributed by atoms with Gasteiger partial charge >= 0.3 is 0 Å². The second-order valence-electron chi connectivity index (χ2n) is 5.15. The molecule has 0 aromatic carbocycles. The van der Waals surface area contributed by atoms with E-state index in [1.807, 2.05) is 30.7 Å². The molecule has 6 heteroatoms. The number of nitrogens with one attached hydrogen (secondary N) is 1. The fourth-order valence-electron chi connectivity index (χ4n) is 2.09. The van der Waals surface area contributed by atoms with Crippen LogP contribution in [0.2, 0.25) is 5.02 Å². The number of nitrogens with zero attached hydrogens (tertiary/aromatic N) is 3. The summed E-state index contributed by atoms with van der Waals surface area (Å²) < 4.78 is 2.86. The van der Waals surface area contributed by atoms with Gasteiger partial charge in [0.15, 0.2) is 5.82 Å². The molecule has 2 aromatic rings. The van der Waals surface area contributed by atoms with Gasteiger partial charge in [0, 0.05) is 12.6 Å². The first-order chi connectivity index (χ1) is 9.56. The van der Waals surface area contributed by atoms with Crippen molar-refractivity contribution in [3.8, 4) is 5.82 Å². The number of halogens is 2. The van der Waals surface area contributed by atoms with E-state index in [4.69, 9.17) is 11.6 Å². The SMILES string of the molecule is Cc1nn(-c2ccc(Cl)c(CNC3CC3)n2)c(C)c1Br. The van der Waals surface area contributed by atoms with Gasteiger partial charge in [0.1, 0.15) is 0 Å². The largest absolute Gasteiger partial charge is 0.308 e. The fourth-order valence-corrected chi connectivity index (χ4v) is 2.51. The third-order valence-corrected chi connectivity index (χ3v) is 4.95. The van der Waals surface area contributed by atoms with Crippen molar-refractivity contribution < 1.29 is 0 Å². The molecule has 1 aliphatic carbocycles. The molecular formula is C14H16BrClN4. The Morgan fingerprint density at radius 1 is 1.40 bits per heavy atom. The Morgan fingerprint density at radius 2 is 2.15 bits per heavy atom. The second kappa shape index (κ2) is 5.47. The first-order valence-corrected chi connectivity index (χ1v) is 7.84. The summed E-state index contributed by atoms with van der Waals surface area (Å²) in [4.78, 5) is 4.64. The standard InChI is InChI=1S/C14H16BrClN4/c1-8-14(15)9(2)20(19-8)13-6-5-11(16)12(18-13)7-17-10-3-4-10/h5-6,10,17H,3-4,7H2,1-2H3. The zero-order chi connectivity index (χ0) is 14.3. The topological polar surface area (TPSA) is 42.7 Å². The number of aromatic nitrogens is 3. The zero-order valence-corrected chi connectivity index (χ0v) is 13.8. The molecule has 1 N–H and O–H groups in total. The molecular weight excluding hydrogens is 340 g/mol. The molecule has 0 saturated heterocycles. The molecule has 0 unspecified atom stereocenters. The molecule has 2 aromatic heterocycles. The van der Waals surface area contributed by atoms with Crippen molar-refractivity contribution in [2.45, 2.75) is 39.3 Å². The molecule has 0 radical (unpaired) electrons. The van der Waals surface area contributed by atoms with Crippen LogP contribution in [0.15, 0.2) is 16.6 Å². The molecule has 0 amide bonds. The lowest BCUT2D eigenvalue weighted by Gasteiger charge is -2.09. The van der Waals surface area contributed by atoms with Gasteiger partial charge in [-0.15, -0.1) is 0 Å². The van der Waals surface area contributed by atoms with Crippen LogP contribution in [0.25, 0.3) is 5.82 Å². The fraction of sp³-hybridized carbons (Fsp3) is 0.429. The highest BCUT2D eigenvalue weighted by atomic mass is 79.9. The van der Waals surface area contributed by atoms with Crippen molar-refractivity contribution in [2.24, 2.45) is 0 Å². The van der Waals surface area contributed by atoms with E-state index >= 15 is 0 Å². The molecule has 0 aliphatic heterocycles. The van der Waals surface area contributed by atoms with Crippen molar-refractivity contribution in [1.29, 1.82) is 0 Å². The van der Waals surface area contributed by atoms with Crippen molar-refractivity contribution in [3.05, 3.63) is 38.7 Å². The van der Waals surface area contributed by atoms with Crippen LogP contribution in [0.4, 0.5) is 0 Å². The Morgan fingerprint density at radius 3 is 2.75 bits per heavy atom. The minimum atomic E-state index is 0.638. The summed E-state index contributed by atoms with van der Waals surface area (Å²) in [5.41, 5.74) is 2.87. The highest BCUT2D eigenvalue weighted by Crippen LogP contribution is 2.24. The van der Waals surface area contributed by atoms with Crippen LogP contribution in [0.3, 0.4) is 0 Å². The van der Waals surface area contributed by atoms with Gasteiger partial charge in [-0.1, -0.05) is 11.6 Å². The van der Waals surface area contributed by atoms with Crippen molar-refractivity contribution in [2.75, 3.05) is 0 Å². The molecule has 3 rings (SSSR count). The Kier molecular flexibility index (Phi) is 3.84. The maximum absolute atomic E-state index is 6.22. The Hall–Kier alpha value is -0.910. The van der Waals surface area contributed by atoms with Gasteiger partial charge in [-0.2, -0.15) is 5.10 Å². The van der Waals surface area contributed by atoms with E-state index in [2.05, 4.69) is 31.3 Å². The van der Waals surface area contributed by atoms with Crippen molar-refractivity contribution >= 4 is 27.5 Å². The Balaban J connectivity index is 1.92. The van der Waals surface area contributed by atoms with Crippen LogP contribution in [-0.4, -0.2) is 20.8 Å². The summed E-state index contributed by atoms with van der Waals surface area (Å²) in [6.45, 7) is 4.69. The molecule has 106 valence electrons. The van der Waals surface area contributed by atoms with E-state index in [-0.39, 0.29) is 0 Å². The lowest BCUT2D eigenvalue weighted by molar-refractivity contribution is 0.669.